The summed E-state index contributed by atoms with van der Waals surface area (Å²) in [6, 6.07) is 0. The Morgan fingerprint density at radius 2 is 1.43 bits per heavy atom. The van der Waals surface area contributed by atoms with Crippen molar-refractivity contribution in [1.29, 1.82) is 0 Å². The van der Waals surface area contributed by atoms with Gasteiger partial charge >= 0.3 is 7.32 Å². The molecule has 0 aliphatic rings. The van der Waals surface area contributed by atoms with Crippen LogP contribution in [0.5, 0.6) is 0 Å². The quantitative estimate of drug-likeness (QED) is 0.244. The van der Waals surface area contributed by atoms with Gasteiger partial charge in [0.05, 0.1) is 0 Å². The van der Waals surface area contributed by atoms with Gasteiger partial charge in [0.2, 0.25) is 0 Å². The smallest absolute Gasteiger partial charge is 0.402 e. The predicted octanol–water partition coefficient (Wildman–Crippen LogP) is -2.05. The summed E-state index contributed by atoms with van der Waals surface area (Å²) >= 11 is 0. The third-order valence-electron chi connectivity index (χ3n) is 0. The van der Waals surface area contributed by atoms with Gasteiger partial charge in [-0.15, -0.1) is 0 Å². The molecule has 0 atom stereocenters. The first-order chi connectivity index (χ1) is 3.15. The van der Waals surface area contributed by atoms with Crippen molar-refractivity contribution in [2.24, 2.45) is 0 Å². The van der Waals surface area contributed by atoms with Crippen LogP contribution in [0.3, 0.4) is 0 Å². The van der Waals surface area contributed by atoms with Crippen molar-refractivity contribution in [2.75, 3.05) is 0 Å². The molecule has 0 saturated carbocycles. The molecule has 0 aromatic heterocycles. The zero-order chi connectivity index (χ0) is 6.28. The molecule has 0 aromatic carbocycles. The lowest BCUT2D eigenvalue weighted by atomic mass is 10.3. The van der Waals surface area contributed by atoms with Crippen LogP contribution in [0.4, 0.5) is 0 Å². The Kier molecular flexibility index (Phi) is 12.4. The van der Waals surface area contributed by atoms with Crippen molar-refractivity contribution in [3.8, 4) is 0 Å². The van der Waals surface area contributed by atoms with Crippen molar-refractivity contribution in [2.45, 2.75) is 0 Å². The molecule has 0 unspecified atom stereocenters. The van der Waals surface area contributed by atoms with Gasteiger partial charge in [-0.1, -0.05) is 0 Å². The van der Waals surface area contributed by atoms with E-state index in [0.29, 0.717) is 0 Å². The Balaban J connectivity index is 0. The third-order valence-corrected chi connectivity index (χ3v) is 0. The summed E-state index contributed by atoms with van der Waals surface area (Å²) in [6.07, 6.45) is 0. The molecule has 7 heavy (non-hydrogen) atoms. The summed E-state index contributed by atoms with van der Waals surface area (Å²) < 4.78 is 0. The van der Waals surface area contributed by atoms with Gasteiger partial charge < -0.3 is 15.1 Å². The lowest BCUT2D eigenvalue weighted by molar-refractivity contribution is 0.278. The average molecular weight is 104 g/mol. The van der Waals surface area contributed by atoms with Crippen LogP contribution >= 0.6 is 0 Å². The summed E-state index contributed by atoms with van der Waals surface area (Å²) in [7, 11) is -2.17. The second kappa shape index (κ2) is 9.04. The molecule has 0 amide bonds. The summed E-state index contributed by atoms with van der Waals surface area (Å²) in [5, 5.41) is 21.5. The molecule has 4 nitrogen and oxygen atoms in total. The fourth-order valence-electron chi connectivity index (χ4n) is 0. The summed E-state index contributed by atoms with van der Waals surface area (Å²) in [4.78, 5) is 8.57. The third kappa shape index (κ3) is 170. The number of carbonyl (C=O) groups excluding carboxylic acids is 1. The van der Waals surface area contributed by atoms with E-state index < -0.39 is 7.32 Å². The molecular formula is C2H5BO4. The van der Waals surface area contributed by atoms with Crippen molar-refractivity contribution in [3.63, 3.8) is 0 Å². The lowest BCUT2D eigenvalue weighted by Gasteiger charge is -1.69. The van der Waals surface area contributed by atoms with Crippen LogP contribution in [0.1, 0.15) is 0 Å². The molecular weight excluding hydrogens is 98.8 g/mol. The highest BCUT2D eigenvalue weighted by atomic mass is 16.5. The van der Waals surface area contributed by atoms with Gasteiger partial charge in [-0.3, -0.25) is 0 Å². The molecule has 0 rings (SSSR count). The first-order valence-electron chi connectivity index (χ1n) is 1.33. The minimum absolute atomic E-state index is 1.25. The van der Waals surface area contributed by atoms with Gasteiger partial charge in [0.25, 0.3) is 0 Å². The van der Waals surface area contributed by atoms with Crippen molar-refractivity contribution in [3.05, 3.63) is 6.58 Å². The van der Waals surface area contributed by atoms with E-state index in [1.54, 1.807) is 0 Å². The maximum absolute atomic E-state index is 8.57. The first-order valence-corrected chi connectivity index (χ1v) is 1.33. The summed E-state index contributed by atoms with van der Waals surface area (Å²) in [5.74, 6) is 1.25. The van der Waals surface area contributed by atoms with E-state index in [1.807, 2.05) is 0 Å². The molecule has 0 aromatic rings. The number of hydrogen-bond donors (Lipinski definition) is 3. The molecule has 0 spiro atoms. The second-order valence-electron chi connectivity index (χ2n) is 0.491. The van der Waals surface area contributed by atoms with Crippen molar-refractivity contribution < 1.29 is 19.9 Å². The maximum Gasteiger partial charge on any atom is 0.631 e. The highest BCUT2D eigenvalue weighted by molar-refractivity contribution is 6.30. The zero-order valence-corrected chi connectivity index (χ0v) is 3.53. The van der Waals surface area contributed by atoms with Gasteiger partial charge in [-0.2, -0.15) is 0 Å². The standard InChI is InChI=1S/C2H2O.BH3O3/c1-2-3;2-1(3)4/h1H2;2-4H. The van der Waals surface area contributed by atoms with Crippen LogP contribution in [0.2, 0.25) is 0 Å². The molecule has 0 aliphatic carbocycles. The highest BCUT2D eigenvalue weighted by Gasteiger charge is 1.92. The number of hydrogen-bond acceptors (Lipinski definition) is 4. The molecule has 40 valence electrons. The first kappa shape index (κ1) is 9.64. The van der Waals surface area contributed by atoms with Gasteiger partial charge in [0.1, 0.15) is 5.94 Å². The monoisotopic (exact) mass is 104 g/mol. The van der Waals surface area contributed by atoms with Crippen molar-refractivity contribution >= 4 is 13.3 Å². The maximum atomic E-state index is 8.57. The minimum atomic E-state index is -2.17. The molecule has 5 heteroatoms. The minimum Gasteiger partial charge on any atom is -0.402 e. The van der Waals surface area contributed by atoms with Crippen LogP contribution in [0, 0.1) is 0 Å². The van der Waals surface area contributed by atoms with Crippen molar-refractivity contribution in [1.82, 2.24) is 0 Å². The summed E-state index contributed by atoms with van der Waals surface area (Å²) in [6.45, 7) is 2.68. The van der Waals surface area contributed by atoms with Crippen LogP contribution in [-0.2, 0) is 4.79 Å². The van der Waals surface area contributed by atoms with Gasteiger partial charge in [0.15, 0.2) is 0 Å². The Bertz CT molecular complexity index is 52.0. The number of rotatable bonds is 0. The molecule has 0 fully saturated rings. The van der Waals surface area contributed by atoms with E-state index in [4.69, 9.17) is 19.9 Å². The SMILES string of the molecule is C=C=O.OB(O)O. The van der Waals surface area contributed by atoms with E-state index in [0.717, 1.165) is 0 Å². The normalized spacial score (nSPS) is 5.00. The van der Waals surface area contributed by atoms with E-state index in [-0.39, 0.29) is 0 Å². The Hall–Kier alpha value is -0.605. The summed E-state index contributed by atoms with van der Waals surface area (Å²) in [5.41, 5.74) is 0. The Morgan fingerprint density at radius 3 is 1.43 bits per heavy atom. The largest absolute Gasteiger partial charge is 0.631 e. The van der Waals surface area contributed by atoms with Crippen LogP contribution in [-0.4, -0.2) is 28.3 Å². The average Bonchev–Trinajstić information content (AvgIpc) is 1.33. The Labute approximate surface area is 40.9 Å². The molecule has 3 N–H and O–H groups in total. The van der Waals surface area contributed by atoms with Crippen LogP contribution in [0.25, 0.3) is 0 Å². The Morgan fingerprint density at radius 1 is 1.43 bits per heavy atom. The van der Waals surface area contributed by atoms with E-state index in [2.05, 4.69) is 6.58 Å². The molecule has 0 bridgehead atoms. The lowest BCUT2D eigenvalue weighted by Crippen LogP contribution is -2.07. The van der Waals surface area contributed by atoms with E-state index >= 15 is 0 Å². The molecule has 0 heterocycles. The topological polar surface area (TPSA) is 77.8 Å². The molecule has 0 saturated heterocycles. The van der Waals surface area contributed by atoms with Gasteiger partial charge in [-0.25, -0.2) is 4.79 Å². The fraction of sp³-hybridized carbons (Fsp3) is 0. The van der Waals surface area contributed by atoms with Gasteiger partial charge in [-0.05, 0) is 6.58 Å². The molecule has 0 aliphatic heterocycles. The van der Waals surface area contributed by atoms with Crippen LogP contribution < -0.4 is 0 Å². The van der Waals surface area contributed by atoms with E-state index in [1.165, 1.54) is 5.94 Å². The fourth-order valence-corrected chi connectivity index (χ4v) is 0. The van der Waals surface area contributed by atoms with Crippen LogP contribution in [0.15, 0.2) is 6.58 Å². The van der Waals surface area contributed by atoms with Gasteiger partial charge in [0, 0.05) is 0 Å². The second-order valence-corrected chi connectivity index (χ2v) is 0.491. The predicted molar refractivity (Wildman–Crippen MR) is 23.7 cm³/mol. The highest BCUT2D eigenvalue weighted by Crippen LogP contribution is 1.40. The zero-order valence-electron chi connectivity index (χ0n) is 3.53. The van der Waals surface area contributed by atoms with E-state index in [9.17, 15) is 0 Å². The molecule has 0 radical (unpaired) electrons.